The van der Waals surface area contributed by atoms with E-state index in [0.717, 1.165) is 0 Å². The normalized spacial score (nSPS) is 12.1. The van der Waals surface area contributed by atoms with Gasteiger partial charge in [-0.15, -0.1) is 0 Å². The van der Waals surface area contributed by atoms with Crippen LogP contribution in [0.1, 0.15) is 23.7 Å². The first-order chi connectivity index (χ1) is 8.04. The molecule has 0 amide bonds. The monoisotopic (exact) mass is 239 g/mol. The lowest BCUT2D eigenvalue weighted by Gasteiger charge is -2.16. The van der Waals surface area contributed by atoms with E-state index in [1.54, 1.807) is 7.11 Å². The predicted molar refractivity (Wildman–Crippen MR) is 64.4 cm³/mol. The van der Waals surface area contributed by atoms with E-state index in [0.29, 0.717) is 24.5 Å². The van der Waals surface area contributed by atoms with Gasteiger partial charge in [-0.1, -0.05) is 0 Å². The number of aromatic carboxylic acids is 1. The third-order valence-corrected chi connectivity index (χ3v) is 2.29. The first-order valence-electron chi connectivity index (χ1n) is 5.33. The molecule has 5 heteroatoms. The topological polar surface area (TPSA) is 81.8 Å². The summed E-state index contributed by atoms with van der Waals surface area (Å²) in [5.41, 5.74) is 6.20. The summed E-state index contributed by atoms with van der Waals surface area (Å²) < 4.78 is 10.5. The molecule has 0 fully saturated rings. The Morgan fingerprint density at radius 2 is 2.24 bits per heavy atom. The first kappa shape index (κ1) is 13.3. The van der Waals surface area contributed by atoms with Crippen LogP contribution < -0.4 is 10.5 Å². The fourth-order valence-electron chi connectivity index (χ4n) is 1.37. The number of carboxylic acids is 1. The number of hydrogen-bond donors (Lipinski definition) is 2. The summed E-state index contributed by atoms with van der Waals surface area (Å²) in [7, 11) is 1.61. The van der Waals surface area contributed by atoms with Crippen molar-refractivity contribution in [3.63, 3.8) is 0 Å². The molecule has 0 aliphatic rings. The van der Waals surface area contributed by atoms with Crippen LogP contribution in [0.15, 0.2) is 18.2 Å². The fourth-order valence-corrected chi connectivity index (χ4v) is 1.37. The SMILES string of the molecule is COCCC(C)Oc1cc(N)ccc1C(=O)O. The van der Waals surface area contributed by atoms with Crippen molar-refractivity contribution in [3.8, 4) is 5.75 Å². The lowest BCUT2D eigenvalue weighted by Crippen LogP contribution is -2.16. The molecule has 0 saturated heterocycles. The van der Waals surface area contributed by atoms with E-state index < -0.39 is 5.97 Å². The zero-order valence-corrected chi connectivity index (χ0v) is 9.97. The van der Waals surface area contributed by atoms with Crippen molar-refractivity contribution < 1.29 is 19.4 Å². The Morgan fingerprint density at radius 3 is 2.82 bits per heavy atom. The highest BCUT2D eigenvalue weighted by atomic mass is 16.5. The van der Waals surface area contributed by atoms with Gasteiger partial charge >= 0.3 is 5.97 Å². The Labute approximate surface area is 100 Å². The third-order valence-electron chi connectivity index (χ3n) is 2.29. The van der Waals surface area contributed by atoms with Crippen LogP contribution in [0.5, 0.6) is 5.75 Å². The van der Waals surface area contributed by atoms with Gasteiger partial charge in [0, 0.05) is 31.9 Å². The molecule has 0 heterocycles. The number of methoxy groups -OCH3 is 1. The van der Waals surface area contributed by atoms with Crippen molar-refractivity contribution >= 4 is 11.7 Å². The van der Waals surface area contributed by atoms with Crippen LogP contribution in [0, 0.1) is 0 Å². The molecule has 1 rings (SSSR count). The number of ether oxygens (including phenoxy) is 2. The third kappa shape index (κ3) is 3.96. The molecular formula is C12H17NO4. The van der Waals surface area contributed by atoms with Gasteiger partial charge in [0.15, 0.2) is 0 Å². The quantitative estimate of drug-likeness (QED) is 0.739. The average molecular weight is 239 g/mol. The Balaban J connectivity index is 2.81. The highest BCUT2D eigenvalue weighted by molar-refractivity contribution is 5.91. The van der Waals surface area contributed by atoms with Gasteiger partial charge in [-0.3, -0.25) is 0 Å². The molecule has 0 aromatic heterocycles. The maximum atomic E-state index is 11.0. The van der Waals surface area contributed by atoms with E-state index in [4.69, 9.17) is 20.3 Å². The Hall–Kier alpha value is -1.75. The Morgan fingerprint density at radius 1 is 1.53 bits per heavy atom. The van der Waals surface area contributed by atoms with E-state index in [-0.39, 0.29) is 11.7 Å². The van der Waals surface area contributed by atoms with Crippen molar-refractivity contribution in [2.45, 2.75) is 19.4 Å². The zero-order valence-electron chi connectivity index (χ0n) is 9.97. The van der Waals surface area contributed by atoms with Gasteiger partial charge in [-0.2, -0.15) is 0 Å². The van der Waals surface area contributed by atoms with E-state index >= 15 is 0 Å². The molecule has 17 heavy (non-hydrogen) atoms. The zero-order chi connectivity index (χ0) is 12.8. The minimum Gasteiger partial charge on any atom is -0.490 e. The molecule has 1 unspecified atom stereocenters. The van der Waals surface area contributed by atoms with Crippen LogP contribution in [-0.2, 0) is 4.74 Å². The van der Waals surface area contributed by atoms with E-state index in [2.05, 4.69) is 0 Å². The van der Waals surface area contributed by atoms with Crippen LogP contribution in [-0.4, -0.2) is 30.9 Å². The van der Waals surface area contributed by atoms with Crippen molar-refractivity contribution in [3.05, 3.63) is 23.8 Å². The van der Waals surface area contributed by atoms with Gasteiger partial charge in [0.1, 0.15) is 11.3 Å². The van der Waals surface area contributed by atoms with Crippen molar-refractivity contribution in [1.29, 1.82) is 0 Å². The molecule has 0 saturated carbocycles. The fraction of sp³-hybridized carbons (Fsp3) is 0.417. The minimum atomic E-state index is -1.03. The second kappa shape index (κ2) is 6.10. The smallest absolute Gasteiger partial charge is 0.339 e. The molecule has 0 spiro atoms. The number of carboxylic acid groups (broad SMARTS) is 1. The van der Waals surface area contributed by atoms with Crippen LogP contribution in [0.25, 0.3) is 0 Å². The number of hydrogen-bond acceptors (Lipinski definition) is 4. The summed E-state index contributed by atoms with van der Waals surface area (Å²) in [6, 6.07) is 4.50. The summed E-state index contributed by atoms with van der Waals surface area (Å²) in [6.45, 7) is 2.42. The van der Waals surface area contributed by atoms with Gasteiger partial charge in [-0.05, 0) is 19.1 Å². The maximum absolute atomic E-state index is 11.0. The number of carbonyl (C=O) groups is 1. The molecule has 1 aromatic carbocycles. The second-order valence-corrected chi connectivity index (χ2v) is 3.77. The first-order valence-corrected chi connectivity index (χ1v) is 5.33. The molecule has 0 bridgehead atoms. The highest BCUT2D eigenvalue weighted by Gasteiger charge is 2.14. The van der Waals surface area contributed by atoms with Crippen LogP contribution >= 0.6 is 0 Å². The molecule has 1 aromatic rings. The van der Waals surface area contributed by atoms with Crippen LogP contribution in [0.4, 0.5) is 5.69 Å². The van der Waals surface area contributed by atoms with Gasteiger partial charge in [0.2, 0.25) is 0 Å². The van der Waals surface area contributed by atoms with Crippen LogP contribution in [0.3, 0.4) is 0 Å². The van der Waals surface area contributed by atoms with Gasteiger partial charge in [-0.25, -0.2) is 4.79 Å². The predicted octanol–water partition coefficient (Wildman–Crippen LogP) is 1.77. The van der Waals surface area contributed by atoms with Gasteiger partial charge in [0.25, 0.3) is 0 Å². The van der Waals surface area contributed by atoms with Gasteiger partial charge < -0.3 is 20.3 Å². The number of nitrogens with two attached hydrogens (primary N) is 1. The Kier molecular flexibility index (Phi) is 4.78. The van der Waals surface area contributed by atoms with Gasteiger partial charge in [0.05, 0.1) is 6.10 Å². The number of rotatable bonds is 6. The average Bonchev–Trinajstić information content (AvgIpc) is 2.26. The van der Waals surface area contributed by atoms with Crippen molar-refractivity contribution in [1.82, 2.24) is 0 Å². The standard InChI is InChI=1S/C12H17NO4/c1-8(5-6-16-2)17-11-7-9(13)3-4-10(11)12(14)15/h3-4,7-8H,5-6,13H2,1-2H3,(H,14,15). The number of nitrogen functional groups attached to an aromatic ring is 1. The lowest BCUT2D eigenvalue weighted by molar-refractivity contribution is 0.0687. The molecular weight excluding hydrogens is 222 g/mol. The molecule has 0 aliphatic carbocycles. The molecule has 1 atom stereocenters. The molecule has 0 aliphatic heterocycles. The summed E-state index contributed by atoms with van der Waals surface area (Å²) >= 11 is 0. The molecule has 3 N–H and O–H groups in total. The lowest BCUT2D eigenvalue weighted by atomic mass is 10.2. The summed E-state index contributed by atoms with van der Waals surface area (Å²) in [5.74, 6) is -0.736. The summed E-state index contributed by atoms with van der Waals surface area (Å²) in [5, 5.41) is 9.00. The molecule has 5 nitrogen and oxygen atoms in total. The summed E-state index contributed by atoms with van der Waals surface area (Å²) in [4.78, 5) is 11.0. The number of anilines is 1. The molecule has 94 valence electrons. The Bertz CT molecular complexity index is 392. The maximum Gasteiger partial charge on any atom is 0.339 e. The second-order valence-electron chi connectivity index (χ2n) is 3.77. The highest BCUT2D eigenvalue weighted by Crippen LogP contribution is 2.23. The van der Waals surface area contributed by atoms with Crippen LogP contribution in [0.2, 0.25) is 0 Å². The summed E-state index contributed by atoms with van der Waals surface area (Å²) in [6.07, 6.45) is 0.555. The van der Waals surface area contributed by atoms with E-state index in [1.165, 1.54) is 18.2 Å². The molecule has 0 radical (unpaired) electrons. The number of benzene rings is 1. The van der Waals surface area contributed by atoms with E-state index in [9.17, 15) is 4.79 Å². The minimum absolute atomic E-state index is 0.114. The largest absolute Gasteiger partial charge is 0.490 e. The van der Waals surface area contributed by atoms with Crippen molar-refractivity contribution in [2.24, 2.45) is 0 Å². The van der Waals surface area contributed by atoms with E-state index in [1.807, 2.05) is 6.92 Å². The van der Waals surface area contributed by atoms with Crippen molar-refractivity contribution in [2.75, 3.05) is 19.5 Å².